The third kappa shape index (κ3) is 4.07. The highest BCUT2D eigenvalue weighted by atomic mass is 16.5. The van der Waals surface area contributed by atoms with Crippen molar-refractivity contribution in [1.82, 2.24) is 0 Å². The SMILES string of the molecule is CCC(CC)OC(C)=C(C)C. The van der Waals surface area contributed by atoms with Crippen molar-refractivity contribution in [1.29, 1.82) is 0 Å². The summed E-state index contributed by atoms with van der Waals surface area (Å²) in [5, 5.41) is 0. The van der Waals surface area contributed by atoms with E-state index in [9.17, 15) is 0 Å². The molecule has 0 saturated carbocycles. The molecule has 0 atom stereocenters. The van der Waals surface area contributed by atoms with E-state index in [1.807, 2.05) is 6.92 Å². The molecule has 0 unspecified atom stereocenters. The monoisotopic (exact) mass is 156 g/mol. The molecule has 1 heteroatoms. The Balaban J connectivity index is 3.91. The van der Waals surface area contributed by atoms with Gasteiger partial charge in [-0.2, -0.15) is 0 Å². The molecule has 0 bridgehead atoms. The molecular formula is C10H20O. The third-order valence-electron chi connectivity index (χ3n) is 1.96. The normalized spacial score (nSPS) is 10.0. The number of allylic oxidation sites excluding steroid dienone is 2. The van der Waals surface area contributed by atoms with Gasteiger partial charge in [0.05, 0.1) is 11.9 Å². The van der Waals surface area contributed by atoms with E-state index in [-0.39, 0.29) is 0 Å². The molecule has 0 aromatic rings. The van der Waals surface area contributed by atoms with Crippen molar-refractivity contribution < 1.29 is 4.74 Å². The van der Waals surface area contributed by atoms with Crippen molar-refractivity contribution in [3.8, 4) is 0 Å². The fourth-order valence-corrected chi connectivity index (χ4v) is 0.823. The quantitative estimate of drug-likeness (QED) is 0.566. The lowest BCUT2D eigenvalue weighted by Crippen LogP contribution is -2.09. The Labute approximate surface area is 70.4 Å². The smallest absolute Gasteiger partial charge is 0.0977 e. The fraction of sp³-hybridized carbons (Fsp3) is 0.800. The zero-order valence-electron chi connectivity index (χ0n) is 8.40. The van der Waals surface area contributed by atoms with Crippen LogP contribution in [0.3, 0.4) is 0 Å². The maximum atomic E-state index is 5.69. The van der Waals surface area contributed by atoms with Crippen LogP contribution in [0.1, 0.15) is 47.5 Å². The first-order chi connectivity index (χ1) is 5.11. The molecule has 0 N–H and O–H groups in total. The summed E-state index contributed by atoms with van der Waals surface area (Å²) in [5.74, 6) is 1.08. The van der Waals surface area contributed by atoms with Crippen molar-refractivity contribution >= 4 is 0 Å². The minimum Gasteiger partial charge on any atom is -0.495 e. The lowest BCUT2D eigenvalue weighted by Gasteiger charge is -2.16. The summed E-state index contributed by atoms with van der Waals surface area (Å²) in [6, 6.07) is 0. The van der Waals surface area contributed by atoms with Crippen LogP contribution in [0.4, 0.5) is 0 Å². The van der Waals surface area contributed by atoms with Crippen LogP contribution < -0.4 is 0 Å². The molecule has 1 nitrogen and oxygen atoms in total. The Morgan fingerprint density at radius 1 is 1.09 bits per heavy atom. The van der Waals surface area contributed by atoms with E-state index >= 15 is 0 Å². The van der Waals surface area contributed by atoms with E-state index in [4.69, 9.17) is 4.74 Å². The maximum absolute atomic E-state index is 5.69. The zero-order valence-corrected chi connectivity index (χ0v) is 8.40. The summed E-state index contributed by atoms with van der Waals surface area (Å²) >= 11 is 0. The minimum absolute atomic E-state index is 0.407. The lowest BCUT2D eigenvalue weighted by atomic mass is 10.2. The van der Waals surface area contributed by atoms with Gasteiger partial charge in [0.15, 0.2) is 0 Å². The molecule has 0 aliphatic rings. The van der Waals surface area contributed by atoms with Gasteiger partial charge in [-0.05, 0) is 39.2 Å². The Morgan fingerprint density at radius 2 is 1.55 bits per heavy atom. The van der Waals surface area contributed by atoms with Crippen molar-refractivity contribution in [3.63, 3.8) is 0 Å². The molecule has 0 aromatic carbocycles. The van der Waals surface area contributed by atoms with Crippen LogP contribution in [-0.4, -0.2) is 6.10 Å². The van der Waals surface area contributed by atoms with Crippen LogP contribution in [0.2, 0.25) is 0 Å². The van der Waals surface area contributed by atoms with Gasteiger partial charge in [-0.15, -0.1) is 0 Å². The van der Waals surface area contributed by atoms with E-state index in [1.54, 1.807) is 0 Å². The van der Waals surface area contributed by atoms with E-state index in [2.05, 4.69) is 27.7 Å². The Hall–Kier alpha value is -0.460. The first-order valence-electron chi connectivity index (χ1n) is 4.42. The highest BCUT2D eigenvalue weighted by Gasteiger charge is 2.04. The van der Waals surface area contributed by atoms with Crippen LogP contribution in [0, 0.1) is 0 Å². The summed E-state index contributed by atoms with van der Waals surface area (Å²) in [7, 11) is 0. The Bertz CT molecular complexity index is 128. The van der Waals surface area contributed by atoms with Gasteiger partial charge in [-0.1, -0.05) is 13.8 Å². The molecular weight excluding hydrogens is 136 g/mol. The van der Waals surface area contributed by atoms with Crippen LogP contribution in [0.5, 0.6) is 0 Å². The first kappa shape index (κ1) is 10.5. The average molecular weight is 156 g/mol. The van der Waals surface area contributed by atoms with Gasteiger partial charge < -0.3 is 4.74 Å². The number of ether oxygens (including phenoxy) is 1. The standard InChI is InChI=1S/C10H20O/c1-6-10(7-2)11-9(5)8(3)4/h10H,6-7H2,1-5H3. The van der Waals surface area contributed by atoms with Crippen molar-refractivity contribution in [2.75, 3.05) is 0 Å². The van der Waals surface area contributed by atoms with Gasteiger partial charge in [0, 0.05) is 0 Å². The van der Waals surface area contributed by atoms with Gasteiger partial charge in [0.25, 0.3) is 0 Å². The van der Waals surface area contributed by atoms with E-state index in [1.165, 1.54) is 5.57 Å². The predicted octanol–water partition coefficient (Wildman–Crippen LogP) is 3.51. The molecule has 0 aliphatic heterocycles. The summed E-state index contributed by atoms with van der Waals surface area (Å²) < 4.78 is 5.69. The molecule has 0 fully saturated rings. The molecule has 0 saturated heterocycles. The van der Waals surface area contributed by atoms with Crippen LogP contribution in [-0.2, 0) is 4.74 Å². The second-order valence-corrected chi connectivity index (χ2v) is 3.11. The summed E-state index contributed by atoms with van der Waals surface area (Å²) in [6.07, 6.45) is 2.60. The topological polar surface area (TPSA) is 9.23 Å². The third-order valence-corrected chi connectivity index (χ3v) is 1.96. The van der Waals surface area contributed by atoms with Gasteiger partial charge in [0.2, 0.25) is 0 Å². The fourth-order valence-electron chi connectivity index (χ4n) is 0.823. The van der Waals surface area contributed by atoms with Crippen LogP contribution in [0.15, 0.2) is 11.3 Å². The number of hydrogen-bond acceptors (Lipinski definition) is 1. The molecule has 0 aliphatic carbocycles. The van der Waals surface area contributed by atoms with Crippen molar-refractivity contribution in [3.05, 3.63) is 11.3 Å². The molecule has 0 amide bonds. The second-order valence-electron chi connectivity index (χ2n) is 3.11. The highest BCUT2D eigenvalue weighted by Crippen LogP contribution is 2.11. The predicted molar refractivity (Wildman–Crippen MR) is 49.5 cm³/mol. The first-order valence-corrected chi connectivity index (χ1v) is 4.42. The molecule has 0 rings (SSSR count). The second kappa shape index (κ2) is 5.22. The van der Waals surface area contributed by atoms with E-state index in [0.717, 1.165) is 18.6 Å². The van der Waals surface area contributed by atoms with Crippen LogP contribution >= 0.6 is 0 Å². The maximum Gasteiger partial charge on any atom is 0.0977 e. The molecule has 0 radical (unpaired) electrons. The van der Waals surface area contributed by atoms with Gasteiger partial charge >= 0.3 is 0 Å². The summed E-state index contributed by atoms with van der Waals surface area (Å²) in [5.41, 5.74) is 1.27. The van der Waals surface area contributed by atoms with Gasteiger partial charge in [-0.3, -0.25) is 0 Å². The van der Waals surface area contributed by atoms with E-state index in [0.29, 0.717) is 6.10 Å². The van der Waals surface area contributed by atoms with Crippen molar-refractivity contribution in [2.24, 2.45) is 0 Å². The molecule has 0 heterocycles. The van der Waals surface area contributed by atoms with Gasteiger partial charge in [-0.25, -0.2) is 0 Å². The largest absolute Gasteiger partial charge is 0.495 e. The molecule has 66 valence electrons. The van der Waals surface area contributed by atoms with E-state index < -0.39 is 0 Å². The highest BCUT2D eigenvalue weighted by molar-refractivity contribution is 4.99. The molecule has 0 aromatic heterocycles. The summed E-state index contributed by atoms with van der Waals surface area (Å²) in [4.78, 5) is 0. The zero-order chi connectivity index (χ0) is 8.85. The van der Waals surface area contributed by atoms with Gasteiger partial charge in [0.1, 0.15) is 0 Å². The number of rotatable bonds is 4. The molecule has 11 heavy (non-hydrogen) atoms. The summed E-state index contributed by atoms with van der Waals surface area (Å²) in [6.45, 7) is 10.5. The molecule has 0 spiro atoms. The minimum atomic E-state index is 0.407. The van der Waals surface area contributed by atoms with Crippen molar-refractivity contribution in [2.45, 2.75) is 53.6 Å². The lowest BCUT2D eigenvalue weighted by molar-refractivity contribution is 0.108. The Morgan fingerprint density at radius 3 is 1.82 bits per heavy atom. The van der Waals surface area contributed by atoms with Crippen LogP contribution in [0.25, 0.3) is 0 Å². The average Bonchev–Trinajstić information content (AvgIpc) is 1.99. The number of hydrogen-bond donors (Lipinski definition) is 0. The Kier molecular flexibility index (Phi) is 5.01.